The maximum Gasteiger partial charge on any atom is 0.252 e. The summed E-state index contributed by atoms with van der Waals surface area (Å²) in [6, 6.07) is 6.26. The lowest BCUT2D eigenvalue weighted by Gasteiger charge is -2.03. The number of phenolic OH excluding ortho intramolecular Hbond substituents is 1. The number of hydrazone groups is 1. The third-order valence-corrected chi connectivity index (χ3v) is 2.46. The number of aromatic hydroxyl groups is 1. The Balaban J connectivity index is 2.10. The molecule has 2 aromatic rings. The summed E-state index contributed by atoms with van der Waals surface area (Å²) in [5, 5.41) is 13.5. The highest BCUT2D eigenvalue weighted by atomic mass is 16.5. The van der Waals surface area contributed by atoms with E-state index >= 15 is 0 Å². The molecule has 0 bridgehead atoms. The van der Waals surface area contributed by atoms with Gasteiger partial charge in [0, 0.05) is 11.8 Å². The van der Waals surface area contributed by atoms with Crippen molar-refractivity contribution in [2.75, 3.05) is 12.5 Å². The lowest BCUT2D eigenvalue weighted by Crippen LogP contribution is -2.10. The molecule has 7 nitrogen and oxygen atoms in total. The lowest BCUT2D eigenvalue weighted by atomic mass is 10.2. The molecule has 104 valence electrons. The molecule has 0 saturated carbocycles. The van der Waals surface area contributed by atoms with Gasteiger partial charge in [0.1, 0.15) is 0 Å². The number of rotatable bonds is 4. The number of nitrogens with one attached hydrogen (secondary N) is 2. The summed E-state index contributed by atoms with van der Waals surface area (Å²) in [7, 11) is 1.48. The fourth-order valence-electron chi connectivity index (χ4n) is 1.59. The number of aryl methyl sites for hydroxylation is 1. The van der Waals surface area contributed by atoms with Crippen molar-refractivity contribution in [2.45, 2.75) is 6.92 Å². The van der Waals surface area contributed by atoms with Crippen molar-refractivity contribution >= 4 is 12.2 Å². The highest BCUT2D eigenvalue weighted by Crippen LogP contribution is 2.25. The van der Waals surface area contributed by atoms with Gasteiger partial charge >= 0.3 is 0 Å². The first kappa shape index (κ1) is 13.6. The molecule has 0 amide bonds. The third kappa shape index (κ3) is 3.35. The van der Waals surface area contributed by atoms with E-state index in [9.17, 15) is 9.90 Å². The Labute approximate surface area is 115 Å². The summed E-state index contributed by atoms with van der Waals surface area (Å²) >= 11 is 0. The van der Waals surface area contributed by atoms with Crippen molar-refractivity contribution in [3.63, 3.8) is 0 Å². The van der Waals surface area contributed by atoms with Crippen molar-refractivity contribution in [1.29, 1.82) is 0 Å². The Kier molecular flexibility index (Phi) is 3.99. The molecule has 0 saturated heterocycles. The molecule has 0 aliphatic heterocycles. The van der Waals surface area contributed by atoms with Gasteiger partial charge in [-0.3, -0.25) is 9.78 Å². The maximum atomic E-state index is 11.2. The minimum atomic E-state index is -0.253. The Hall–Kier alpha value is -2.83. The van der Waals surface area contributed by atoms with Gasteiger partial charge in [0.25, 0.3) is 5.56 Å². The van der Waals surface area contributed by atoms with Gasteiger partial charge in [0.15, 0.2) is 11.5 Å². The number of aromatic amines is 1. The lowest BCUT2D eigenvalue weighted by molar-refractivity contribution is 0.373. The van der Waals surface area contributed by atoms with E-state index in [1.165, 1.54) is 25.5 Å². The SMILES string of the molecule is COc1ccc(/C=N\Nc2nc(C)cc(=O)[nH]2)cc1O. The van der Waals surface area contributed by atoms with Crippen molar-refractivity contribution < 1.29 is 9.84 Å². The summed E-state index contributed by atoms with van der Waals surface area (Å²) in [5.74, 6) is 0.669. The van der Waals surface area contributed by atoms with Gasteiger partial charge in [0.2, 0.25) is 5.95 Å². The molecule has 1 heterocycles. The summed E-state index contributed by atoms with van der Waals surface area (Å²) in [6.07, 6.45) is 1.49. The van der Waals surface area contributed by atoms with Crippen LogP contribution in [0.4, 0.5) is 5.95 Å². The molecular weight excluding hydrogens is 260 g/mol. The van der Waals surface area contributed by atoms with Crippen molar-refractivity contribution in [2.24, 2.45) is 5.10 Å². The van der Waals surface area contributed by atoms with Crippen LogP contribution in [-0.4, -0.2) is 28.4 Å². The number of aromatic nitrogens is 2. The smallest absolute Gasteiger partial charge is 0.252 e. The summed E-state index contributed by atoms with van der Waals surface area (Å²) in [6.45, 7) is 1.71. The molecule has 0 aliphatic carbocycles. The van der Waals surface area contributed by atoms with E-state index in [0.29, 0.717) is 17.0 Å². The maximum absolute atomic E-state index is 11.2. The van der Waals surface area contributed by atoms with Crippen LogP contribution in [0.3, 0.4) is 0 Å². The van der Waals surface area contributed by atoms with Crippen molar-refractivity contribution in [3.8, 4) is 11.5 Å². The number of nitrogens with zero attached hydrogens (tertiary/aromatic N) is 2. The normalized spacial score (nSPS) is 10.7. The number of H-pyrrole nitrogens is 1. The number of phenols is 1. The van der Waals surface area contributed by atoms with Crippen LogP contribution in [0.25, 0.3) is 0 Å². The van der Waals surface area contributed by atoms with Gasteiger partial charge < -0.3 is 9.84 Å². The number of anilines is 1. The second-order valence-corrected chi connectivity index (χ2v) is 4.04. The molecule has 0 spiro atoms. The van der Waals surface area contributed by atoms with Crippen LogP contribution in [-0.2, 0) is 0 Å². The van der Waals surface area contributed by atoms with Crippen LogP contribution < -0.4 is 15.7 Å². The monoisotopic (exact) mass is 274 g/mol. The van der Waals surface area contributed by atoms with Gasteiger partial charge in [0.05, 0.1) is 13.3 Å². The van der Waals surface area contributed by atoms with Gasteiger partial charge in [-0.1, -0.05) is 0 Å². The van der Waals surface area contributed by atoms with Crippen molar-refractivity contribution in [1.82, 2.24) is 9.97 Å². The quantitative estimate of drug-likeness (QED) is 0.575. The molecule has 0 unspecified atom stereocenters. The zero-order chi connectivity index (χ0) is 14.5. The number of benzene rings is 1. The van der Waals surface area contributed by atoms with E-state index in [1.54, 1.807) is 19.1 Å². The zero-order valence-corrected chi connectivity index (χ0v) is 11.0. The molecule has 1 aromatic carbocycles. The average molecular weight is 274 g/mol. The first-order valence-electron chi connectivity index (χ1n) is 5.82. The van der Waals surface area contributed by atoms with Crippen LogP contribution in [0, 0.1) is 6.92 Å². The van der Waals surface area contributed by atoms with E-state index in [0.717, 1.165) is 0 Å². The summed E-state index contributed by atoms with van der Waals surface area (Å²) < 4.78 is 4.94. The minimum Gasteiger partial charge on any atom is -0.504 e. The molecule has 1 aromatic heterocycles. The molecule has 20 heavy (non-hydrogen) atoms. The van der Waals surface area contributed by atoms with Gasteiger partial charge in [-0.25, -0.2) is 10.4 Å². The zero-order valence-electron chi connectivity index (χ0n) is 11.0. The Morgan fingerprint density at radius 2 is 2.25 bits per heavy atom. The van der Waals surface area contributed by atoms with E-state index in [1.807, 2.05) is 0 Å². The molecule has 0 fully saturated rings. The molecule has 2 rings (SSSR count). The number of hydrogen-bond donors (Lipinski definition) is 3. The fraction of sp³-hybridized carbons (Fsp3) is 0.154. The summed E-state index contributed by atoms with van der Waals surface area (Å²) in [5.41, 5.74) is 3.62. The molecule has 0 radical (unpaired) electrons. The second kappa shape index (κ2) is 5.87. The van der Waals surface area contributed by atoms with Crippen LogP contribution >= 0.6 is 0 Å². The highest BCUT2D eigenvalue weighted by molar-refractivity contribution is 5.81. The molecule has 0 aliphatic rings. The number of ether oxygens (including phenoxy) is 1. The number of methoxy groups -OCH3 is 1. The van der Waals surface area contributed by atoms with E-state index in [4.69, 9.17) is 4.74 Å². The predicted molar refractivity (Wildman–Crippen MR) is 75.5 cm³/mol. The number of hydrogen-bond acceptors (Lipinski definition) is 6. The minimum absolute atomic E-state index is 0.0264. The van der Waals surface area contributed by atoms with Crippen LogP contribution in [0.2, 0.25) is 0 Å². The van der Waals surface area contributed by atoms with Gasteiger partial charge in [-0.15, -0.1) is 0 Å². The van der Waals surface area contributed by atoms with E-state index < -0.39 is 0 Å². The first-order valence-corrected chi connectivity index (χ1v) is 5.82. The highest BCUT2D eigenvalue weighted by Gasteiger charge is 2.00. The topological polar surface area (TPSA) is 99.6 Å². The standard InChI is InChI=1S/C13H14N4O3/c1-8-5-12(19)16-13(15-8)17-14-7-9-3-4-11(20-2)10(18)6-9/h3-7,18H,1-2H3,(H2,15,16,17,19)/b14-7-. The second-order valence-electron chi connectivity index (χ2n) is 4.04. The van der Waals surface area contributed by atoms with Crippen LogP contribution in [0.15, 0.2) is 34.2 Å². The largest absolute Gasteiger partial charge is 0.504 e. The molecule has 0 atom stereocenters. The van der Waals surface area contributed by atoms with Crippen LogP contribution in [0.5, 0.6) is 11.5 Å². The summed E-state index contributed by atoms with van der Waals surface area (Å²) in [4.78, 5) is 17.8. The van der Waals surface area contributed by atoms with Crippen molar-refractivity contribution in [3.05, 3.63) is 45.9 Å². The first-order chi connectivity index (χ1) is 9.58. The van der Waals surface area contributed by atoms with Crippen LogP contribution in [0.1, 0.15) is 11.3 Å². The molecule has 3 N–H and O–H groups in total. The van der Waals surface area contributed by atoms with E-state index in [2.05, 4.69) is 20.5 Å². The fourth-order valence-corrected chi connectivity index (χ4v) is 1.59. The Morgan fingerprint density at radius 3 is 2.90 bits per heavy atom. The average Bonchev–Trinajstić information content (AvgIpc) is 2.38. The third-order valence-electron chi connectivity index (χ3n) is 2.46. The van der Waals surface area contributed by atoms with E-state index in [-0.39, 0.29) is 17.3 Å². The van der Waals surface area contributed by atoms with Gasteiger partial charge in [-0.2, -0.15) is 5.10 Å². The Bertz CT molecular complexity index is 694. The molecular formula is C13H14N4O3. The van der Waals surface area contributed by atoms with Gasteiger partial charge in [-0.05, 0) is 30.7 Å². The Morgan fingerprint density at radius 1 is 1.45 bits per heavy atom. The molecule has 7 heteroatoms. The predicted octanol–water partition coefficient (Wildman–Crippen LogP) is 1.24.